The lowest BCUT2D eigenvalue weighted by Crippen LogP contribution is -2.38. The molecule has 2 heterocycles. The smallest absolute Gasteiger partial charge is 0.138 e. The van der Waals surface area contributed by atoms with Crippen LogP contribution in [0.2, 0.25) is 0 Å². The zero-order valence-corrected chi connectivity index (χ0v) is 18.4. The molecule has 0 atom stereocenters. The Bertz CT molecular complexity index is 1170. The predicted molar refractivity (Wildman–Crippen MR) is 128 cm³/mol. The van der Waals surface area contributed by atoms with E-state index in [0.29, 0.717) is 0 Å². The molecule has 0 radical (unpaired) electrons. The molecule has 3 nitrogen and oxygen atoms in total. The third-order valence-corrected chi connectivity index (χ3v) is 6.08. The molecule has 5 rings (SSSR count). The van der Waals surface area contributed by atoms with Gasteiger partial charge in [0.05, 0.1) is 10.2 Å². The van der Waals surface area contributed by atoms with Crippen molar-refractivity contribution in [3.05, 3.63) is 143 Å². The van der Waals surface area contributed by atoms with E-state index in [1.165, 1.54) is 0 Å². The van der Waals surface area contributed by atoms with E-state index in [1.807, 2.05) is 36.4 Å². The van der Waals surface area contributed by atoms with E-state index in [9.17, 15) is 0 Å². The monoisotopic (exact) mass is 465 g/mol. The average molecular weight is 466 g/mol. The van der Waals surface area contributed by atoms with Gasteiger partial charge in [-0.2, -0.15) is 5.10 Å². The van der Waals surface area contributed by atoms with Crippen molar-refractivity contribution in [1.82, 2.24) is 14.8 Å². The van der Waals surface area contributed by atoms with E-state index in [4.69, 9.17) is 5.10 Å². The van der Waals surface area contributed by atoms with Gasteiger partial charge in [-0.1, -0.05) is 97.1 Å². The molecular formula is C27H20BrN3. The quantitative estimate of drug-likeness (QED) is 0.275. The van der Waals surface area contributed by atoms with Crippen LogP contribution in [0.4, 0.5) is 0 Å². The zero-order chi connectivity index (χ0) is 21.1. The third kappa shape index (κ3) is 3.39. The minimum absolute atomic E-state index is 0.640. The molecule has 5 aromatic rings. The minimum Gasteiger partial charge on any atom is -0.255 e. The number of aromatic nitrogens is 3. The van der Waals surface area contributed by atoms with Gasteiger partial charge in [-0.05, 0) is 44.8 Å². The Morgan fingerprint density at radius 2 is 1.10 bits per heavy atom. The number of benzene rings is 3. The summed E-state index contributed by atoms with van der Waals surface area (Å²) in [5, 5.41) is 5.09. The van der Waals surface area contributed by atoms with Crippen LogP contribution in [0.3, 0.4) is 0 Å². The van der Waals surface area contributed by atoms with Crippen LogP contribution >= 0.6 is 15.9 Å². The molecule has 0 aliphatic heterocycles. The molecule has 31 heavy (non-hydrogen) atoms. The summed E-state index contributed by atoms with van der Waals surface area (Å²) in [6.45, 7) is 0. The molecule has 0 saturated heterocycles. The van der Waals surface area contributed by atoms with E-state index in [2.05, 4.69) is 105 Å². The molecule has 2 aromatic heterocycles. The molecule has 0 N–H and O–H groups in total. The van der Waals surface area contributed by atoms with Gasteiger partial charge in [0, 0.05) is 12.4 Å². The molecule has 0 amide bonds. The summed E-state index contributed by atoms with van der Waals surface area (Å²) in [5.41, 5.74) is 4.41. The second kappa shape index (κ2) is 8.32. The minimum atomic E-state index is -0.640. The SMILES string of the molecule is Brc1cn(C(c2ccccc2)(c2ccccc2)c2ccccc2)nc1-c1ccccn1. The molecule has 0 fully saturated rings. The maximum Gasteiger partial charge on any atom is 0.138 e. The molecule has 0 aliphatic rings. The summed E-state index contributed by atoms with van der Waals surface area (Å²) < 4.78 is 2.96. The van der Waals surface area contributed by atoms with E-state index < -0.39 is 5.54 Å². The van der Waals surface area contributed by atoms with E-state index in [0.717, 1.165) is 32.6 Å². The first-order valence-corrected chi connectivity index (χ1v) is 10.9. The van der Waals surface area contributed by atoms with E-state index >= 15 is 0 Å². The standard InChI is InChI=1S/C27H20BrN3/c28-24-20-31(30-26(24)25-18-10-11-19-29-25)27(21-12-4-1-5-13-21,22-14-6-2-7-15-22)23-16-8-3-9-17-23/h1-20H. The Morgan fingerprint density at radius 1 is 0.613 bits per heavy atom. The Kier molecular flexibility index (Phi) is 5.23. The summed E-state index contributed by atoms with van der Waals surface area (Å²) in [6, 6.07) is 37.4. The molecule has 0 spiro atoms. The number of hydrogen-bond donors (Lipinski definition) is 0. The summed E-state index contributed by atoms with van der Waals surface area (Å²) >= 11 is 3.74. The number of halogens is 1. The van der Waals surface area contributed by atoms with Gasteiger partial charge >= 0.3 is 0 Å². The maximum absolute atomic E-state index is 5.09. The van der Waals surface area contributed by atoms with Crippen molar-refractivity contribution in [2.24, 2.45) is 0 Å². The molecular weight excluding hydrogens is 446 g/mol. The highest BCUT2D eigenvalue weighted by Gasteiger charge is 2.39. The molecule has 3 aromatic carbocycles. The molecule has 0 bridgehead atoms. The zero-order valence-electron chi connectivity index (χ0n) is 16.8. The predicted octanol–water partition coefficient (Wildman–Crippen LogP) is 6.55. The number of pyridine rings is 1. The topological polar surface area (TPSA) is 30.7 Å². The lowest BCUT2D eigenvalue weighted by Gasteiger charge is -2.36. The summed E-state index contributed by atoms with van der Waals surface area (Å²) in [4.78, 5) is 4.52. The lowest BCUT2D eigenvalue weighted by atomic mass is 9.77. The molecule has 0 aliphatic carbocycles. The van der Waals surface area contributed by atoms with Gasteiger partial charge < -0.3 is 0 Å². The summed E-state index contributed by atoms with van der Waals surface area (Å²) in [6.07, 6.45) is 3.84. The van der Waals surface area contributed by atoms with E-state index in [1.54, 1.807) is 6.20 Å². The lowest BCUT2D eigenvalue weighted by molar-refractivity contribution is 0.461. The fraction of sp³-hybridized carbons (Fsp3) is 0.0370. The van der Waals surface area contributed by atoms with Gasteiger partial charge in [-0.25, -0.2) is 0 Å². The highest BCUT2D eigenvalue weighted by atomic mass is 79.9. The van der Waals surface area contributed by atoms with Crippen molar-refractivity contribution in [3.8, 4) is 11.4 Å². The van der Waals surface area contributed by atoms with Gasteiger partial charge in [0.15, 0.2) is 0 Å². The summed E-state index contributed by atoms with van der Waals surface area (Å²) in [5.74, 6) is 0. The van der Waals surface area contributed by atoms with Crippen LogP contribution in [0.1, 0.15) is 16.7 Å². The van der Waals surface area contributed by atoms with Crippen LogP contribution < -0.4 is 0 Å². The molecule has 4 heteroatoms. The fourth-order valence-corrected chi connectivity index (χ4v) is 4.61. The van der Waals surface area contributed by atoms with Crippen molar-refractivity contribution in [3.63, 3.8) is 0 Å². The highest BCUT2D eigenvalue weighted by Crippen LogP contribution is 2.42. The van der Waals surface area contributed by atoms with Crippen LogP contribution in [-0.4, -0.2) is 14.8 Å². The third-order valence-electron chi connectivity index (χ3n) is 5.50. The van der Waals surface area contributed by atoms with Crippen LogP contribution in [0.15, 0.2) is 126 Å². The van der Waals surface area contributed by atoms with Crippen molar-refractivity contribution < 1.29 is 0 Å². The summed E-state index contributed by atoms with van der Waals surface area (Å²) in [7, 11) is 0. The van der Waals surface area contributed by atoms with Gasteiger partial charge in [-0.3, -0.25) is 9.67 Å². The number of rotatable bonds is 5. The Morgan fingerprint density at radius 3 is 1.55 bits per heavy atom. The molecule has 150 valence electrons. The molecule has 0 saturated carbocycles. The van der Waals surface area contributed by atoms with Crippen LogP contribution in [0.25, 0.3) is 11.4 Å². The van der Waals surface area contributed by atoms with E-state index in [-0.39, 0.29) is 0 Å². The van der Waals surface area contributed by atoms with Crippen LogP contribution in [-0.2, 0) is 5.54 Å². The highest BCUT2D eigenvalue weighted by molar-refractivity contribution is 9.10. The Hall–Kier alpha value is -3.50. The molecule has 0 unspecified atom stereocenters. The number of nitrogens with zero attached hydrogens (tertiary/aromatic N) is 3. The first-order valence-electron chi connectivity index (χ1n) is 10.1. The normalized spacial score (nSPS) is 11.4. The van der Waals surface area contributed by atoms with Crippen LogP contribution in [0.5, 0.6) is 0 Å². The van der Waals surface area contributed by atoms with Gasteiger partial charge in [0.1, 0.15) is 11.2 Å². The second-order valence-corrected chi connectivity index (χ2v) is 8.15. The van der Waals surface area contributed by atoms with Gasteiger partial charge in [0.2, 0.25) is 0 Å². The Labute approximate surface area is 190 Å². The van der Waals surface area contributed by atoms with Crippen LogP contribution in [0, 0.1) is 0 Å². The second-order valence-electron chi connectivity index (χ2n) is 7.29. The van der Waals surface area contributed by atoms with Gasteiger partial charge in [-0.15, -0.1) is 0 Å². The largest absolute Gasteiger partial charge is 0.255 e. The Balaban J connectivity index is 1.86. The first kappa shape index (κ1) is 19.5. The fourth-order valence-electron chi connectivity index (χ4n) is 4.14. The first-order chi connectivity index (χ1) is 15.3. The van der Waals surface area contributed by atoms with Crippen molar-refractivity contribution in [2.75, 3.05) is 0 Å². The van der Waals surface area contributed by atoms with Crippen molar-refractivity contribution in [1.29, 1.82) is 0 Å². The average Bonchev–Trinajstić information content (AvgIpc) is 3.24. The number of hydrogen-bond acceptors (Lipinski definition) is 2. The van der Waals surface area contributed by atoms with Crippen molar-refractivity contribution in [2.45, 2.75) is 5.54 Å². The van der Waals surface area contributed by atoms with Gasteiger partial charge in [0.25, 0.3) is 0 Å². The maximum atomic E-state index is 5.09. The van der Waals surface area contributed by atoms with Crippen molar-refractivity contribution >= 4 is 15.9 Å².